The second-order valence-electron chi connectivity index (χ2n) is 8.70. The third kappa shape index (κ3) is 4.05. The van der Waals surface area contributed by atoms with Gasteiger partial charge in [-0.2, -0.15) is 5.10 Å². The van der Waals surface area contributed by atoms with Crippen molar-refractivity contribution in [3.8, 4) is 5.69 Å². The third-order valence-corrected chi connectivity index (χ3v) is 6.75. The van der Waals surface area contributed by atoms with Crippen molar-refractivity contribution in [1.29, 1.82) is 0 Å². The average Bonchev–Trinajstić information content (AvgIpc) is 3.53. The lowest BCUT2D eigenvalue weighted by Crippen LogP contribution is -2.45. The number of carbonyl (C=O) groups excluding carboxylic acids is 2. The van der Waals surface area contributed by atoms with E-state index in [2.05, 4.69) is 16.5 Å². The number of para-hydroxylation sites is 1. The smallest absolute Gasteiger partial charge is 0.230 e. The number of carbonyl (C=O) groups is 2. The van der Waals surface area contributed by atoms with Crippen molar-refractivity contribution < 1.29 is 9.59 Å². The molecule has 1 saturated carbocycles. The van der Waals surface area contributed by atoms with Crippen LogP contribution in [0.1, 0.15) is 36.8 Å². The molecule has 2 atom stereocenters. The molecular weight excluding hydrogens is 400 g/mol. The Morgan fingerprint density at radius 1 is 0.969 bits per heavy atom. The van der Waals surface area contributed by atoms with Gasteiger partial charge >= 0.3 is 0 Å². The molecule has 1 fully saturated rings. The molecule has 0 saturated heterocycles. The monoisotopic (exact) mass is 428 g/mol. The van der Waals surface area contributed by atoms with E-state index in [9.17, 15) is 9.59 Å². The first-order valence-corrected chi connectivity index (χ1v) is 11.5. The summed E-state index contributed by atoms with van der Waals surface area (Å²) < 4.78 is 1.80. The highest BCUT2D eigenvalue weighted by Crippen LogP contribution is 2.36. The van der Waals surface area contributed by atoms with Crippen LogP contribution in [0.3, 0.4) is 0 Å². The van der Waals surface area contributed by atoms with Crippen LogP contribution in [0, 0.1) is 11.8 Å². The van der Waals surface area contributed by atoms with E-state index in [1.807, 2.05) is 59.6 Å². The molecule has 0 radical (unpaired) electrons. The van der Waals surface area contributed by atoms with Crippen molar-refractivity contribution in [1.82, 2.24) is 15.1 Å². The standard InChI is InChI=1S/C26H28N4O2/c31-25(27-18-19-10-12-21(13-11-19)30-16-5-15-28-30)22-7-2-3-8-23(22)26(32)29-17-14-20-6-1-4-9-24(20)29/h1,4-6,9-13,15-16,22-23H,2-3,7-8,14,17-18H2,(H,27,31). The summed E-state index contributed by atoms with van der Waals surface area (Å²) in [6, 6.07) is 18.0. The fourth-order valence-corrected chi connectivity index (χ4v) is 5.02. The SMILES string of the molecule is O=C(NCc1ccc(-n2cccn2)cc1)C1CCCCC1C(=O)N1CCc2ccccc21. The molecule has 2 amide bonds. The molecule has 1 aliphatic carbocycles. The van der Waals surface area contributed by atoms with Gasteiger partial charge in [0.2, 0.25) is 11.8 Å². The molecule has 2 heterocycles. The maximum atomic E-state index is 13.4. The zero-order valence-corrected chi connectivity index (χ0v) is 18.1. The van der Waals surface area contributed by atoms with Crippen LogP contribution in [0.2, 0.25) is 0 Å². The van der Waals surface area contributed by atoms with Crippen molar-refractivity contribution in [2.75, 3.05) is 11.4 Å². The third-order valence-electron chi connectivity index (χ3n) is 6.75. The Morgan fingerprint density at radius 2 is 1.75 bits per heavy atom. The van der Waals surface area contributed by atoms with Crippen LogP contribution in [0.4, 0.5) is 5.69 Å². The number of hydrogen-bond donors (Lipinski definition) is 1. The van der Waals surface area contributed by atoms with Gasteiger partial charge in [-0.3, -0.25) is 9.59 Å². The van der Waals surface area contributed by atoms with E-state index in [1.54, 1.807) is 10.9 Å². The van der Waals surface area contributed by atoms with Gasteiger partial charge in [0.25, 0.3) is 0 Å². The Balaban J connectivity index is 1.24. The molecule has 6 heteroatoms. The second kappa shape index (κ2) is 8.99. The topological polar surface area (TPSA) is 67.2 Å². The molecule has 1 aromatic heterocycles. The molecule has 3 aromatic rings. The maximum Gasteiger partial charge on any atom is 0.230 e. The highest BCUT2D eigenvalue weighted by molar-refractivity contribution is 5.99. The number of nitrogens with zero attached hydrogens (tertiary/aromatic N) is 3. The Bertz CT molecular complexity index is 1090. The number of nitrogens with one attached hydrogen (secondary N) is 1. The minimum Gasteiger partial charge on any atom is -0.352 e. The summed E-state index contributed by atoms with van der Waals surface area (Å²) in [7, 11) is 0. The maximum absolute atomic E-state index is 13.4. The zero-order chi connectivity index (χ0) is 21.9. The summed E-state index contributed by atoms with van der Waals surface area (Å²) in [5.41, 5.74) is 4.24. The van der Waals surface area contributed by atoms with E-state index in [0.717, 1.165) is 49.0 Å². The summed E-state index contributed by atoms with van der Waals surface area (Å²) in [4.78, 5) is 28.4. The van der Waals surface area contributed by atoms with Crippen molar-refractivity contribution in [2.45, 2.75) is 38.6 Å². The number of amides is 2. The fourth-order valence-electron chi connectivity index (χ4n) is 5.02. The Kier molecular flexibility index (Phi) is 5.75. The van der Waals surface area contributed by atoms with Gasteiger partial charge in [0.05, 0.1) is 11.6 Å². The van der Waals surface area contributed by atoms with Crippen LogP contribution >= 0.6 is 0 Å². The minimum absolute atomic E-state index is 0.00770. The molecule has 2 unspecified atom stereocenters. The molecule has 0 bridgehead atoms. The van der Waals surface area contributed by atoms with E-state index in [-0.39, 0.29) is 23.7 Å². The predicted octanol–water partition coefficient (Wildman–Crippen LogP) is 3.88. The Labute approximate surface area is 188 Å². The van der Waals surface area contributed by atoms with E-state index >= 15 is 0 Å². The fraction of sp³-hybridized carbons (Fsp3) is 0.346. The molecule has 2 aliphatic rings. The number of aromatic nitrogens is 2. The first kappa shape index (κ1) is 20.5. The van der Waals surface area contributed by atoms with E-state index in [1.165, 1.54) is 5.56 Å². The van der Waals surface area contributed by atoms with Crippen LogP contribution in [0.15, 0.2) is 67.0 Å². The first-order chi connectivity index (χ1) is 15.7. The Hall–Kier alpha value is -3.41. The Morgan fingerprint density at radius 3 is 2.53 bits per heavy atom. The molecule has 1 aliphatic heterocycles. The number of benzene rings is 2. The van der Waals surface area contributed by atoms with Crippen LogP contribution in [0.5, 0.6) is 0 Å². The van der Waals surface area contributed by atoms with Gasteiger partial charge in [-0.05, 0) is 54.7 Å². The largest absolute Gasteiger partial charge is 0.352 e. The molecule has 6 nitrogen and oxygen atoms in total. The molecule has 32 heavy (non-hydrogen) atoms. The van der Waals surface area contributed by atoms with Gasteiger partial charge in [-0.25, -0.2) is 4.68 Å². The second-order valence-corrected chi connectivity index (χ2v) is 8.70. The van der Waals surface area contributed by atoms with Crippen LogP contribution in [-0.2, 0) is 22.6 Å². The highest BCUT2D eigenvalue weighted by Gasteiger charge is 2.39. The molecule has 1 N–H and O–H groups in total. The number of anilines is 1. The van der Waals surface area contributed by atoms with Gasteiger partial charge in [-0.1, -0.05) is 43.2 Å². The van der Waals surface area contributed by atoms with Gasteiger partial charge in [0, 0.05) is 37.1 Å². The lowest BCUT2D eigenvalue weighted by atomic mass is 9.77. The van der Waals surface area contributed by atoms with E-state index in [4.69, 9.17) is 0 Å². The van der Waals surface area contributed by atoms with Gasteiger partial charge in [-0.15, -0.1) is 0 Å². The zero-order valence-electron chi connectivity index (χ0n) is 18.1. The molecule has 0 spiro atoms. The predicted molar refractivity (Wildman–Crippen MR) is 123 cm³/mol. The number of hydrogen-bond acceptors (Lipinski definition) is 3. The molecule has 164 valence electrons. The lowest BCUT2D eigenvalue weighted by Gasteiger charge is -2.32. The normalized spacial score (nSPS) is 20.1. The van der Waals surface area contributed by atoms with Crippen molar-refractivity contribution in [3.63, 3.8) is 0 Å². The molecule has 2 aromatic carbocycles. The lowest BCUT2D eigenvalue weighted by molar-refractivity contribution is -0.135. The highest BCUT2D eigenvalue weighted by atomic mass is 16.2. The summed E-state index contributed by atoms with van der Waals surface area (Å²) in [5, 5.41) is 7.32. The van der Waals surface area contributed by atoms with Crippen molar-refractivity contribution >= 4 is 17.5 Å². The van der Waals surface area contributed by atoms with Crippen LogP contribution < -0.4 is 10.2 Å². The quantitative estimate of drug-likeness (QED) is 0.671. The summed E-state index contributed by atoms with van der Waals surface area (Å²) >= 11 is 0. The number of fused-ring (bicyclic) bond motifs is 1. The van der Waals surface area contributed by atoms with Crippen molar-refractivity contribution in [3.05, 3.63) is 78.1 Å². The summed E-state index contributed by atoms with van der Waals surface area (Å²) in [6.07, 6.45) is 8.10. The van der Waals surface area contributed by atoms with Gasteiger partial charge in [0.1, 0.15) is 0 Å². The first-order valence-electron chi connectivity index (χ1n) is 11.5. The van der Waals surface area contributed by atoms with E-state index in [0.29, 0.717) is 13.1 Å². The van der Waals surface area contributed by atoms with Crippen molar-refractivity contribution in [2.24, 2.45) is 11.8 Å². The molecule has 5 rings (SSSR count). The summed E-state index contributed by atoms with van der Waals surface area (Å²) in [6.45, 7) is 1.17. The number of rotatable bonds is 5. The van der Waals surface area contributed by atoms with Gasteiger partial charge < -0.3 is 10.2 Å². The minimum atomic E-state index is -0.257. The van der Waals surface area contributed by atoms with E-state index < -0.39 is 0 Å². The summed E-state index contributed by atoms with van der Waals surface area (Å²) in [5.74, 6) is -0.394. The molecular formula is C26H28N4O2. The van der Waals surface area contributed by atoms with Crippen LogP contribution in [0.25, 0.3) is 5.69 Å². The average molecular weight is 429 g/mol. The van der Waals surface area contributed by atoms with Gasteiger partial charge in [0.15, 0.2) is 0 Å². The van der Waals surface area contributed by atoms with Crippen LogP contribution in [-0.4, -0.2) is 28.1 Å².